The first-order valence-corrected chi connectivity index (χ1v) is 7.53. The fourth-order valence-electron chi connectivity index (χ4n) is 1.82. The fourth-order valence-corrected chi connectivity index (χ4v) is 2.84. The van der Waals surface area contributed by atoms with Crippen molar-refractivity contribution in [1.29, 1.82) is 0 Å². The van der Waals surface area contributed by atoms with Gasteiger partial charge in [-0.25, -0.2) is 0 Å². The van der Waals surface area contributed by atoms with Crippen LogP contribution in [-0.2, 0) is 6.54 Å². The smallest absolute Gasteiger partial charge is 0.0687 e. The van der Waals surface area contributed by atoms with Crippen molar-refractivity contribution in [2.75, 3.05) is 6.54 Å². The number of pyridine rings is 1. The van der Waals surface area contributed by atoms with Crippen LogP contribution in [0.15, 0.2) is 24.5 Å². The van der Waals surface area contributed by atoms with E-state index in [1.54, 1.807) is 12.4 Å². The highest BCUT2D eigenvalue weighted by molar-refractivity contribution is 6.50. The molecule has 0 atom stereocenters. The molecule has 0 unspecified atom stereocenters. The molecule has 0 amide bonds. The van der Waals surface area contributed by atoms with E-state index in [0.717, 1.165) is 24.2 Å². The highest BCUT2D eigenvalue weighted by Crippen LogP contribution is 2.43. The first-order chi connectivity index (χ1) is 9.54. The molecule has 0 saturated heterocycles. The standard InChI is InChI=1S/C14H12Cl4N2/c1-2-19-5-8-3-9(7-20-6-8)12-13(17)10(15)4-11(16)14(12)18/h3-4,6-7,19H,2,5H2,1H3. The molecule has 0 aliphatic rings. The molecule has 2 rings (SSSR count). The fraction of sp³-hybridized carbons (Fsp3) is 0.214. The van der Waals surface area contributed by atoms with Crippen LogP contribution in [0.5, 0.6) is 0 Å². The van der Waals surface area contributed by atoms with Crippen molar-refractivity contribution < 1.29 is 0 Å². The molecule has 0 aliphatic heterocycles. The van der Waals surface area contributed by atoms with Crippen molar-refractivity contribution in [2.24, 2.45) is 0 Å². The van der Waals surface area contributed by atoms with Gasteiger partial charge in [-0.3, -0.25) is 4.98 Å². The normalized spacial score (nSPS) is 10.8. The molecule has 6 heteroatoms. The van der Waals surface area contributed by atoms with Gasteiger partial charge in [-0.05, 0) is 24.2 Å². The van der Waals surface area contributed by atoms with Gasteiger partial charge < -0.3 is 5.32 Å². The minimum Gasteiger partial charge on any atom is -0.313 e. The second-order valence-corrected chi connectivity index (χ2v) is 5.78. The van der Waals surface area contributed by atoms with Crippen LogP contribution in [0.25, 0.3) is 11.1 Å². The SMILES string of the molecule is CCNCc1cncc(-c2c(Cl)c(Cl)cc(Cl)c2Cl)c1. The average Bonchev–Trinajstić information content (AvgIpc) is 2.44. The summed E-state index contributed by atoms with van der Waals surface area (Å²) in [6.45, 7) is 3.65. The maximum Gasteiger partial charge on any atom is 0.0687 e. The monoisotopic (exact) mass is 348 g/mol. The number of hydrogen-bond acceptors (Lipinski definition) is 2. The Morgan fingerprint density at radius 1 is 1.00 bits per heavy atom. The van der Waals surface area contributed by atoms with Gasteiger partial charge >= 0.3 is 0 Å². The molecule has 106 valence electrons. The van der Waals surface area contributed by atoms with Crippen molar-refractivity contribution in [3.8, 4) is 11.1 Å². The Labute approximate surface area is 138 Å². The zero-order valence-electron chi connectivity index (χ0n) is 10.7. The third-order valence-corrected chi connectivity index (χ3v) is 4.35. The van der Waals surface area contributed by atoms with Gasteiger partial charge in [0.1, 0.15) is 0 Å². The molecule has 1 aromatic heterocycles. The van der Waals surface area contributed by atoms with Gasteiger partial charge in [0.2, 0.25) is 0 Å². The zero-order chi connectivity index (χ0) is 14.7. The number of rotatable bonds is 4. The van der Waals surface area contributed by atoms with Crippen LogP contribution in [0.4, 0.5) is 0 Å². The second kappa shape index (κ2) is 6.97. The Morgan fingerprint density at radius 2 is 1.65 bits per heavy atom. The molecular weight excluding hydrogens is 338 g/mol. The molecule has 0 aliphatic carbocycles. The van der Waals surface area contributed by atoms with Crippen molar-refractivity contribution in [1.82, 2.24) is 10.3 Å². The lowest BCUT2D eigenvalue weighted by Gasteiger charge is -2.11. The predicted molar refractivity (Wildman–Crippen MR) is 87.1 cm³/mol. The van der Waals surface area contributed by atoms with Crippen LogP contribution in [0.2, 0.25) is 20.1 Å². The van der Waals surface area contributed by atoms with E-state index in [4.69, 9.17) is 46.4 Å². The van der Waals surface area contributed by atoms with Crippen molar-refractivity contribution in [2.45, 2.75) is 13.5 Å². The van der Waals surface area contributed by atoms with Gasteiger partial charge in [0.15, 0.2) is 0 Å². The van der Waals surface area contributed by atoms with E-state index < -0.39 is 0 Å². The van der Waals surface area contributed by atoms with Crippen LogP contribution in [-0.4, -0.2) is 11.5 Å². The Hall–Kier alpha value is -0.510. The van der Waals surface area contributed by atoms with Crippen LogP contribution in [0.3, 0.4) is 0 Å². The summed E-state index contributed by atoms with van der Waals surface area (Å²) >= 11 is 24.6. The largest absolute Gasteiger partial charge is 0.313 e. The lowest BCUT2D eigenvalue weighted by Crippen LogP contribution is -2.11. The van der Waals surface area contributed by atoms with Crippen LogP contribution in [0.1, 0.15) is 12.5 Å². The summed E-state index contributed by atoms with van der Waals surface area (Å²) in [5.74, 6) is 0. The molecule has 0 fully saturated rings. The summed E-state index contributed by atoms with van der Waals surface area (Å²) in [6.07, 6.45) is 3.48. The van der Waals surface area contributed by atoms with Gasteiger partial charge in [-0.1, -0.05) is 53.3 Å². The molecule has 1 aromatic carbocycles. The number of nitrogens with one attached hydrogen (secondary N) is 1. The number of nitrogens with zero attached hydrogens (tertiary/aromatic N) is 1. The van der Waals surface area contributed by atoms with Crippen LogP contribution < -0.4 is 5.32 Å². The van der Waals surface area contributed by atoms with Crippen LogP contribution in [0, 0.1) is 0 Å². The van der Waals surface area contributed by atoms with Gasteiger partial charge in [-0.2, -0.15) is 0 Å². The van der Waals surface area contributed by atoms with Gasteiger partial charge in [0, 0.05) is 30.1 Å². The first-order valence-electron chi connectivity index (χ1n) is 6.02. The third-order valence-electron chi connectivity index (χ3n) is 2.77. The summed E-state index contributed by atoms with van der Waals surface area (Å²) in [5.41, 5.74) is 2.43. The van der Waals surface area contributed by atoms with Gasteiger partial charge in [-0.15, -0.1) is 0 Å². The van der Waals surface area contributed by atoms with E-state index in [-0.39, 0.29) is 0 Å². The van der Waals surface area contributed by atoms with Gasteiger partial charge in [0.25, 0.3) is 0 Å². The molecule has 0 radical (unpaired) electrons. The molecular formula is C14H12Cl4N2. The number of benzene rings is 1. The molecule has 2 nitrogen and oxygen atoms in total. The van der Waals surface area contributed by atoms with E-state index >= 15 is 0 Å². The second-order valence-electron chi connectivity index (χ2n) is 4.21. The molecule has 2 aromatic rings. The van der Waals surface area contributed by atoms with Crippen molar-refractivity contribution >= 4 is 46.4 Å². The Kier molecular flexibility index (Phi) is 5.53. The maximum atomic E-state index is 6.24. The molecule has 0 spiro atoms. The minimum atomic E-state index is 0.369. The van der Waals surface area contributed by atoms with Crippen molar-refractivity contribution in [3.63, 3.8) is 0 Å². The minimum absolute atomic E-state index is 0.369. The van der Waals surface area contributed by atoms with Crippen molar-refractivity contribution in [3.05, 3.63) is 50.2 Å². The summed E-state index contributed by atoms with van der Waals surface area (Å²) in [4.78, 5) is 4.21. The van der Waals surface area contributed by atoms with E-state index in [2.05, 4.69) is 10.3 Å². The quantitative estimate of drug-likeness (QED) is 0.740. The predicted octanol–water partition coefficient (Wildman–Crippen LogP) is 5.47. The highest BCUT2D eigenvalue weighted by atomic mass is 35.5. The summed E-state index contributed by atoms with van der Waals surface area (Å²) in [5, 5.41) is 4.73. The molecule has 0 saturated carbocycles. The van der Waals surface area contributed by atoms with E-state index in [1.165, 1.54) is 6.07 Å². The van der Waals surface area contributed by atoms with Crippen LogP contribution >= 0.6 is 46.4 Å². The Morgan fingerprint density at radius 3 is 2.25 bits per heavy atom. The summed E-state index contributed by atoms with van der Waals surface area (Å²) < 4.78 is 0. The third kappa shape index (κ3) is 3.38. The van der Waals surface area contributed by atoms with E-state index in [1.807, 2.05) is 13.0 Å². The number of aromatic nitrogens is 1. The lowest BCUT2D eigenvalue weighted by molar-refractivity contribution is 0.724. The topological polar surface area (TPSA) is 24.9 Å². The molecule has 1 heterocycles. The van der Waals surface area contributed by atoms with Gasteiger partial charge in [0.05, 0.1) is 20.1 Å². The average molecular weight is 350 g/mol. The summed E-state index contributed by atoms with van der Waals surface area (Å²) in [7, 11) is 0. The molecule has 20 heavy (non-hydrogen) atoms. The Balaban J connectivity index is 2.51. The molecule has 0 bridgehead atoms. The lowest BCUT2D eigenvalue weighted by atomic mass is 10.1. The number of hydrogen-bond donors (Lipinski definition) is 1. The zero-order valence-corrected chi connectivity index (χ0v) is 13.7. The van der Waals surface area contributed by atoms with E-state index in [9.17, 15) is 0 Å². The first kappa shape index (κ1) is 15.9. The maximum absolute atomic E-state index is 6.24. The van der Waals surface area contributed by atoms with E-state index in [0.29, 0.717) is 25.7 Å². The number of halogens is 4. The Bertz CT molecular complexity index is 603. The molecule has 1 N–H and O–H groups in total. The highest BCUT2D eigenvalue weighted by Gasteiger charge is 2.16. The summed E-state index contributed by atoms with van der Waals surface area (Å²) in [6, 6.07) is 3.50.